The highest BCUT2D eigenvalue weighted by atomic mass is 35.6. The van der Waals surface area contributed by atoms with E-state index in [4.69, 9.17) is 4.98 Å². The van der Waals surface area contributed by atoms with Crippen LogP contribution in [0.25, 0.3) is 27.8 Å². The van der Waals surface area contributed by atoms with Crippen LogP contribution in [0.5, 0.6) is 0 Å². The number of fused-ring (bicyclic) bond motifs is 1. The molecular weight excluding hydrogens is 553 g/mol. The van der Waals surface area contributed by atoms with Gasteiger partial charge in [-0.2, -0.15) is 19.3 Å². The Kier molecular flexibility index (Phi) is 9.27. The van der Waals surface area contributed by atoms with Gasteiger partial charge in [0.2, 0.25) is 5.91 Å². The number of hydrogen-bond donors (Lipinski definition) is 1. The standard InChI is InChI=1S/C27H31N9O.Cl2O/c1-27(2,3)30-16-25(37)35-9-7-34(8-10-35)24-6-5-19(13-29-24)23-11-20(22-15-31-33(4)17-22)18-36-26(23)21(12-28)14-32-36;1-3-2/h5-6,11,13-15,17-18,30H,7-10,16H2,1-4H3;. The number of pyridine rings is 2. The molecule has 0 saturated carbocycles. The van der Waals surface area contributed by atoms with Crippen LogP contribution >= 0.6 is 23.7 Å². The summed E-state index contributed by atoms with van der Waals surface area (Å²) in [6.07, 6.45) is 9.10. The minimum atomic E-state index is -0.0861. The first kappa shape index (κ1) is 29.3. The van der Waals surface area contributed by atoms with Crippen molar-refractivity contribution >= 4 is 41.0 Å². The second kappa shape index (κ2) is 12.7. The van der Waals surface area contributed by atoms with Crippen molar-refractivity contribution < 1.29 is 8.64 Å². The fraction of sp³-hybridized carbons (Fsp3) is 0.370. The molecule has 0 aromatic carbocycles. The lowest BCUT2D eigenvalue weighted by Gasteiger charge is -2.36. The average molecular weight is 585 g/mol. The van der Waals surface area contributed by atoms with E-state index in [2.05, 4.69) is 80.9 Å². The smallest absolute Gasteiger partial charge is 0.236 e. The molecule has 1 fully saturated rings. The Labute approximate surface area is 243 Å². The zero-order valence-corrected chi connectivity index (χ0v) is 24.3. The normalized spacial score (nSPS) is 13.6. The molecule has 1 N–H and O–H groups in total. The molecule has 0 bridgehead atoms. The number of nitrogens with zero attached hydrogens (tertiary/aromatic N) is 8. The zero-order chi connectivity index (χ0) is 28.9. The summed E-state index contributed by atoms with van der Waals surface area (Å²) in [4.78, 5) is 21.4. The van der Waals surface area contributed by atoms with E-state index in [-0.39, 0.29) is 11.4 Å². The number of amides is 1. The van der Waals surface area contributed by atoms with E-state index < -0.39 is 0 Å². The lowest BCUT2D eigenvalue weighted by Crippen LogP contribution is -2.52. The SMILES string of the molecule is ClOCl.Cn1cc(-c2cc(-c3ccc(N4CCN(C(=O)CNC(C)(C)C)CC4)nc3)c3c(C#N)cnn3c2)cn1. The van der Waals surface area contributed by atoms with Crippen LogP contribution in [0.3, 0.4) is 0 Å². The summed E-state index contributed by atoms with van der Waals surface area (Å²) in [5.41, 5.74) is 4.88. The van der Waals surface area contributed by atoms with E-state index in [9.17, 15) is 10.1 Å². The van der Waals surface area contributed by atoms with Gasteiger partial charge in [-0.1, -0.05) is 0 Å². The Hall–Kier alpha value is -3.69. The van der Waals surface area contributed by atoms with E-state index in [0.717, 1.165) is 46.7 Å². The van der Waals surface area contributed by atoms with Crippen LogP contribution in [0.4, 0.5) is 5.82 Å². The predicted octanol–water partition coefficient (Wildman–Crippen LogP) is 4.02. The molecule has 1 aliphatic heterocycles. The number of aryl methyl sites for hydroxylation is 1. The van der Waals surface area contributed by atoms with Gasteiger partial charge in [0, 0.05) is 79.6 Å². The van der Waals surface area contributed by atoms with Crippen LogP contribution in [0, 0.1) is 11.3 Å². The Morgan fingerprint density at radius 2 is 1.77 bits per heavy atom. The van der Waals surface area contributed by atoms with Crippen LogP contribution in [0.1, 0.15) is 26.3 Å². The Morgan fingerprint density at radius 1 is 1.05 bits per heavy atom. The molecule has 13 heteroatoms. The van der Waals surface area contributed by atoms with E-state index >= 15 is 0 Å². The number of aromatic nitrogens is 5. The molecule has 0 radical (unpaired) electrons. The van der Waals surface area contributed by atoms with Gasteiger partial charge in [-0.05, 0) is 39.0 Å². The van der Waals surface area contributed by atoms with Crippen LogP contribution in [-0.2, 0) is 15.7 Å². The molecule has 11 nitrogen and oxygen atoms in total. The average Bonchev–Trinajstić information content (AvgIpc) is 3.57. The number of hydrogen-bond acceptors (Lipinski definition) is 8. The second-order valence-electron chi connectivity index (χ2n) is 10.4. The summed E-state index contributed by atoms with van der Waals surface area (Å²) in [5, 5.41) is 21.6. The molecule has 4 aromatic heterocycles. The van der Waals surface area contributed by atoms with Gasteiger partial charge < -0.3 is 15.1 Å². The monoisotopic (exact) mass is 583 g/mol. The highest BCUT2D eigenvalue weighted by molar-refractivity contribution is 6.24. The summed E-state index contributed by atoms with van der Waals surface area (Å²) in [6.45, 7) is 9.32. The third-order valence-corrected chi connectivity index (χ3v) is 6.56. The molecule has 0 unspecified atom stereocenters. The Bertz CT molecular complexity index is 1500. The van der Waals surface area contributed by atoms with E-state index in [1.807, 2.05) is 48.9 Å². The molecule has 0 spiro atoms. The maximum Gasteiger partial charge on any atom is 0.236 e. The largest absolute Gasteiger partial charge is 0.353 e. The summed E-state index contributed by atoms with van der Waals surface area (Å²) < 4.78 is 6.70. The Morgan fingerprint density at radius 3 is 2.35 bits per heavy atom. The van der Waals surface area contributed by atoms with E-state index in [0.29, 0.717) is 25.2 Å². The van der Waals surface area contributed by atoms with Gasteiger partial charge in [0.1, 0.15) is 11.9 Å². The lowest BCUT2D eigenvalue weighted by atomic mass is 10.0. The molecule has 1 saturated heterocycles. The van der Waals surface area contributed by atoms with Crippen LogP contribution in [-0.4, -0.2) is 73.4 Å². The van der Waals surface area contributed by atoms with E-state index in [1.54, 1.807) is 15.4 Å². The fourth-order valence-electron chi connectivity index (χ4n) is 4.52. The molecule has 5 rings (SSSR count). The predicted molar refractivity (Wildman–Crippen MR) is 155 cm³/mol. The van der Waals surface area contributed by atoms with Crippen molar-refractivity contribution in [3.8, 4) is 28.3 Å². The number of carbonyl (C=O) groups is 1. The number of halogens is 2. The quantitative estimate of drug-likeness (QED) is 0.374. The van der Waals surface area contributed by atoms with Gasteiger partial charge in [-0.3, -0.25) is 9.48 Å². The van der Waals surface area contributed by atoms with Crippen molar-refractivity contribution in [2.45, 2.75) is 26.3 Å². The molecule has 5 heterocycles. The first-order chi connectivity index (χ1) is 19.1. The van der Waals surface area contributed by atoms with Gasteiger partial charge in [0.05, 0.1) is 53.8 Å². The van der Waals surface area contributed by atoms with Crippen molar-refractivity contribution in [1.82, 2.24) is 34.6 Å². The maximum atomic E-state index is 12.6. The van der Waals surface area contributed by atoms with Gasteiger partial charge in [0.15, 0.2) is 0 Å². The number of anilines is 1. The molecule has 1 aliphatic rings. The van der Waals surface area contributed by atoms with Gasteiger partial charge >= 0.3 is 0 Å². The first-order valence-corrected chi connectivity index (χ1v) is 13.3. The van der Waals surface area contributed by atoms with Gasteiger partial charge in [-0.15, -0.1) is 0 Å². The van der Waals surface area contributed by atoms with Crippen molar-refractivity contribution in [3.05, 3.63) is 54.7 Å². The highest BCUT2D eigenvalue weighted by Gasteiger charge is 2.23. The zero-order valence-electron chi connectivity index (χ0n) is 22.8. The molecule has 0 aliphatic carbocycles. The van der Waals surface area contributed by atoms with Crippen LogP contribution in [0.15, 0.2) is 49.2 Å². The van der Waals surface area contributed by atoms with Crippen molar-refractivity contribution in [1.29, 1.82) is 5.26 Å². The Balaban J connectivity index is 0.00000118. The lowest BCUT2D eigenvalue weighted by molar-refractivity contribution is -0.130. The summed E-state index contributed by atoms with van der Waals surface area (Å²) >= 11 is 8.53. The van der Waals surface area contributed by atoms with Crippen molar-refractivity contribution in [3.63, 3.8) is 0 Å². The first-order valence-electron chi connectivity index (χ1n) is 12.7. The summed E-state index contributed by atoms with van der Waals surface area (Å²) in [7, 11) is 1.88. The molecular formula is C27H31Cl2N9O2. The van der Waals surface area contributed by atoms with Gasteiger partial charge in [0.25, 0.3) is 0 Å². The van der Waals surface area contributed by atoms with E-state index in [1.165, 1.54) is 0 Å². The maximum absolute atomic E-state index is 12.6. The molecule has 0 atom stereocenters. The minimum absolute atomic E-state index is 0.0861. The molecule has 210 valence electrons. The third-order valence-electron chi connectivity index (χ3n) is 6.56. The number of piperazine rings is 1. The number of rotatable bonds is 5. The highest BCUT2D eigenvalue weighted by Crippen LogP contribution is 2.32. The molecule has 1 amide bonds. The molecule has 40 heavy (non-hydrogen) atoms. The topological polar surface area (TPSA) is 117 Å². The van der Waals surface area contributed by atoms with Gasteiger partial charge in [-0.25, -0.2) is 9.50 Å². The van der Waals surface area contributed by atoms with Crippen molar-refractivity contribution in [2.24, 2.45) is 7.05 Å². The fourth-order valence-corrected chi connectivity index (χ4v) is 4.52. The van der Waals surface area contributed by atoms with Crippen LogP contribution in [0.2, 0.25) is 0 Å². The minimum Gasteiger partial charge on any atom is -0.353 e. The number of nitrogens with one attached hydrogen (secondary N) is 1. The number of carbonyl (C=O) groups excluding carboxylic acids is 1. The van der Waals surface area contributed by atoms with Crippen molar-refractivity contribution in [2.75, 3.05) is 37.6 Å². The summed E-state index contributed by atoms with van der Waals surface area (Å²) in [6, 6.07) is 8.34. The molecule has 4 aromatic rings. The second-order valence-corrected chi connectivity index (χ2v) is 10.9. The summed E-state index contributed by atoms with van der Waals surface area (Å²) in [5.74, 6) is 1.00. The van der Waals surface area contributed by atoms with Crippen LogP contribution < -0.4 is 10.2 Å². The number of nitriles is 1. The third kappa shape index (κ3) is 6.89.